The van der Waals surface area contributed by atoms with Crippen LogP contribution in [0.2, 0.25) is 0 Å². The number of rotatable bonds is 0. The third-order valence-electron chi connectivity index (χ3n) is 1.26. The minimum absolute atomic E-state index is 0.409. The summed E-state index contributed by atoms with van der Waals surface area (Å²) >= 11 is 5.76. The minimum atomic E-state index is -0.521. The number of hydrogen-bond acceptors (Lipinski definition) is 2. The molecule has 1 saturated carbocycles. The molecule has 54 valence electrons. The van der Waals surface area contributed by atoms with E-state index in [9.17, 15) is 4.79 Å². The summed E-state index contributed by atoms with van der Waals surface area (Å²) in [6.45, 7) is 0. The lowest BCUT2D eigenvalue weighted by molar-refractivity contribution is -0.133. The summed E-state index contributed by atoms with van der Waals surface area (Å²) < 4.78 is 4.30. The number of alkyl halides is 1. The monoisotopic (exact) mass is 158 g/mol. The van der Waals surface area contributed by atoms with Gasteiger partial charge in [0, 0.05) is 5.92 Å². The maximum atomic E-state index is 10.4. The van der Waals surface area contributed by atoms with E-state index in [0.717, 1.165) is 12.8 Å². The van der Waals surface area contributed by atoms with Crippen molar-refractivity contribution in [2.45, 2.75) is 17.7 Å². The number of methoxy groups -OCH3 is 1. The SMILES string of the molecule is COC(=O)C#CC1(Cl)CC1. The second-order valence-electron chi connectivity index (χ2n) is 2.21. The predicted molar refractivity (Wildman–Crippen MR) is 37.6 cm³/mol. The van der Waals surface area contributed by atoms with Gasteiger partial charge >= 0.3 is 5.97 Å². The highest BCUT2D eigenvalue weighted by Crippen LogP contribution is 2.41. The van der Waals surface area contributed by atoms with Crippen LogP contribution in [-0.4, -0.2) is 18.0 Å². The van der Waals surface area contributed by atoms with Crippen LogP contribution in [0, 0.1) is 11.8 Å². The standard InChI is InChI=1S/C7H7ClO2/c1-10-6(9)2-3-7(8)4-5-7/h4-5H2,1H3. The van der Waals surface area contributed by atoms with E-state index in [-0.39, 0.29) is 0 Å². The molecule has 0 atom stereocenters. The molecule has 0 radical (unpaired) electrons. The molecule has 0 aromatic carbocycles. The van der Waals surface area contributed by atoms with Gasteiger partial charge in [-0.25, -0.2) is 4.79 Å². The van der Waals surface area contributed by atoms with Gasteiger partial charge in [0.25, 0.3) is 0 Å². The number of esters is 1. The topological polar surface area (TPSA) is 26.3 Å². The molecule has 0 amide bonds. The zero-order valence-corrected chi connectivity index (χ0v) is 6.36. The molecule has 3 heteroatoms. The van der Waals surface area contributed by atoms with Crippen molar-refractivity contribution in [2.24, 2.45) is 0 Å². The molecule has 0 aromatic heterocycles. The van der Waals surface area contributed by atoms with Crippen molar-refractivity contribution in [3.05, 3.63) is 0 Å². The van der Waals surface area contributed by atoms with Gasteiger partial charge in [-0.15, -0.1) is 11.6 Å². The highest BCUT2D eigenvalue weighted by atomic mass is 35.5. The zero-order chi connectivity index (χ0) is 7.61. The summed E-state index contributed by atoms with van der Waals surface area (Å²) in [5.41, 5.74) is 0. The number of hydrogen-bond donors (Lipinski definition) is 0. The second-order valence-corrected chi connectivity index (χ2v) is 2.93. The maximum absolute atomic E-state index is 10.4. The van der Waals surface area contributed by atoms with Crippen molar-refractivity contribution >= 4 is 17.6 Å². The predicted octanol–water partition coefficient (Wildman–Crippen LogP) is 0.934. The fourth-order valence-corrected chi connectivity index (χ4v) is 0.591. The first-order chi connectivity index (χ1) is 4.66. The van der Waals surface area contributed by atoms with Crippen LogP contribution in [0.15, 0.2) is 0 Å². The normalized spacial score (nSPS) is 18.6. The van der Waals surface area contributed by atoms with Crippen molar-refractivity contribution < 1.29 is 9.53 Å². The van der Waals surface area contributed by atoms with Gasteiger partial charge < -0.3 is 4.74 Å². The van der Waals surface area contributed by atoms with Crippen molar-refractivity contribution in [1.29, 1.82) is 0 Å². The Morgan fingerprint density at radius 3 is 2.70 bits per heavy atom. The molecule has 1 fully saturated rings. The molecule has 1 aliphatic carbocycles. The molecule has 0 spiro atoms. The van der Waals surface area contributed by atoms with Gasteiger partial charge in [-0.1, -0.05) is 5.92 Å². The summed E-state index contributed by atoms with van der Waals surface area (Å²) in [5, 5.41) is 0. The Morgan fingerprint density at radius 1 is 1.70 bits per heavy atom. The van der Waals surface area contributed by atoms with Crippen LogP contribution >= 0.6 is 11.6 Å². The van der Waals surface area contributed by atoms with E-state index in [1.54, 1.807) is 0 Å². The van der Waals surface area contributed by atoms with Gasteiger partial charge in [0.15, 0.2) is 0 Å². The summed E-state index contributed by atoms with van der Waals surface area (Å²) in [6.07, 6.45) is 1.75. The third-order valence-corrected chi connectivity index (χ3v) is 1.74. The molecule has 0 unspecified atom stereocenters. The van der Waals surface area contributed by atoms with E-state index >= 15 is 0 Å². The Hall–Kier alpha value is -0.680. The smallest absolute Gasteiger partial charge is 0.384 e. The van der Waals surface area contributed by atoms with Crippen molar-refractivity contribution in [3.63, 3.8) is 0 Å². The molecule has 2 nitrogen and oxygen atoms in total. The van der Waals surface area contributed by atoms with Crippen LogP contribution in [-0.2, 0) is 9.53 Å². The molecular formula is C7H7ClO2. The highest BCUT2D eigenvalue weighted by molar-refractivity contribution is 6.28. The Kier molecular flexibility index (Phi) is 1.87. The first kappa shape index (κ1) is 7.43. The lowest BCUT2D eigenvalue weighted by Gasteiger charge is -1.88. The molecule has 0 bridgehead atoms. The molecule has 0 saturated heterocycles. The molecule has 0 aliphatic heterocycles. The fourth-order valence-electron chi connectivity index (χ4n) is 0.449. The van der Waals surface area contributed by atoms with E-state index in [2.05, 4.69) is 16.6 Å². The van der Waals surface area contributed by atoms with Crippen molar-refractivity contribution in [2.75, 3.05) is 7.11 Å². The van der Waals surface area contributed by atoms with Crippen LogP contribution in [0.25, 0.3) is 0 Å². The molecule has 1 rings (SSSR count). The minimum Gasteiger partial charge on any atom is -0.459 e. The average molecular weight is 159 g/mol. The van der Waals surface area contributed by atoms with Gasteiger partial charge in [-0.2, -0.15) is 0 Å². The number of carbonyl (C=O) groups is 1. The van der Waals surface area contributed by atoms with Gasteiger partial charge in [-0.05, 0) is 12.8 Å². The molecule has 0 aromatic rings. The van der Waals surface area contributed by atoms with Crippen molar-refractivity contribution in [1.82, 2.24) is 0 Å². The van der Waals surface area contributed by atoms with E-state index in [0.29, 0.717) is 0 Å². The van der Waals surface area contributed by atoms with E-state index < -0.39 is 10.8 Å². The number of carbonyl (C=O) groups excluding carboxylic acids is 1. The largest absolute Gasteiger partial charge is 0.459 e. The molecule has 10 heavy (non-hydrogen) atoms. The highest BCUT2D eigenvalue weighted by Gasteiger charge is 2.38. The summed E-state index contributed by atoms with van der Waals surface area (Å²) in [7, 11) is 1.30. The van der Waals surface area contributed by atoms with Gasteiger partial charge in [0.05, 0.1) is 7.11 Å². The number of ether oxygens (including phenoxy) is 1. The number of halogens is 1. The van der Waals surface area contributed by atoms with Gasteiger partial charge in [0.2, 0.25) is 0 Å². The van der Waals surface area contributed by atoms with Gasteiger partial charge in [-0.3, -0.25) is 0 Å². The lowest BCUT2D eigenvalue weighted by atomic mass is 10.4. The third kappa shape index (κ3) is 1.93. The van der Waals surface area contributed by atoms with Crippen molar-refractivity contribution in [3.8, 4) is 11.8 Å². The molecule has 0 N–H and O–H groups in total. The fraction of sp³-hybridized carbons (Fsp3) is 0.571. The summed E-state index contributed by atoms with van der Waals surface area (Å²) in [4.78, 5) is 10.0. The summed E-state index contributed by atoms with van der Waals surface area (Å²) in [6, 6.07) is 0. The quantitative estimate of drug-likeness (QED) is 0.227. The van der Waals surface area contributed by atoms with Crippen LogP contribution < -0.4 is 0 Å². The average Bonchev–Trinajstić information content (AvgIpc) is 2.64. The maximum Gasteiger partial charge on any atom is 0.384 e. The van der Waals surface area contributed by atoms with Crippen LogP contribution in [0.3, 0.4) is 0 Å². The summed E-state index contributed by atoms with van der Waals surface area (Å²) in [5.74, 6) is 4.39. The van der Waals surface area contributed by atoms with Crippen LogP contribution in [0.5, 0.6) is 0 Å². The van der Waals surface area contributed by atoms with Gasteiger partial charge in [0.1, 0.15) is 4.87 Å². The van der Waals surface area contributed by atoms with E-state index in [1.165, 1.54) is 7.11 Å². The zero-order valence-electron chi connectivity index (χ0n) is 5.61. The second kappa shape index (κ2) is 2.51. The van der Waals surface area contributed by atoms with Crippen LogP contribution in [0.1, 0.15) is 12.8 Å². The molecule has 0 heterocycles. The Labute approximate surface area is 64.5 Å². The lowest BCUT2D eigenvalue weighted by Crippen LogP contribution is -1.98. The molecule has 1 aliphatic rings. The molecular weight excluding hydrogens is 152 g/mol. The van der Waals surface area contributed by atoms with E-state index in [4.69, 9.17) is 11.6 Å². The Bertz CT molecular complexity index is 207. The first-order valence-electron chi connectivity index (χ1n) is 2.96. The first-order valence-corrected chi connectivity index (χ1v) is 3.34. The van der Waals surface area contributed by atoms with Crippen LogP contribution in [0.4, 0.5) is 0 Å². The Morgan fingerprint density at radius 2 is 2.30 bits per heavy atom. The Balaban J connectivity index is 2.46. The van der Waals surface area contributed by atoms with E-state index in [1.807, 2.05) is 0 Å².